The Morgan fingerprint density at radius 1 is 0.906 bits per heavy atom. The molecule has 3 amide bonds. The Morgan fingerprint density at radius 3 is 2.41 bits per heavy atom. The Labute approximate surface area is 186 Å². The van der Waals surface area contributed by atoms with Crippen molar-refractivity contribution in [2.45, 2.75) is 32.2 Å². The highest BCUT2D eigenvalue weighted by Gasteiger charge is 2.16. The summed E-state index contributed by atoms with van der Waals surface area (Å²) in [6.45, 7) is 1.94. The molecule has 0 fully saturated rings. The Balaban J connectivity index is 1.65. The normalized spacial score (nSPS) is 11.2. The van der Waals surface area contributed by atoms with Crippen LogP contribution in [-0.4, -0.2) is 17.7 Å². The van der Waals surface area contributed by atoms with Crippen LogP contribution in [0.3, 0.4) is 0 Å². The van der Waals surface area contributed by atoms with Crippen molar-refractivity contribution in [3.05, 3.63) is 83.4 Å². The van der Waals surface area contributed by atoms with Gasteiger partial charge in [-0.2, -0.15) is 5.26 Å². The van der Waals surface area contributed by atoms with Gasteiger partial charge in [-0.05, 0) is 41.3 Å². The van der Waals surface area contributed by atoms with Gasteiger partial charge < -0.3 is 5.32 Å². The van der Waals surface area contributed by atoms with Gasteiger partial charge in [0.25, 0.3) is 11.8 Å². The molecule has 1 atom stereocenters. The van der Waals surface area contributed by atoms with E-state index in [-0.39, 0.29) is 24.8 Å². The number of hydrogen-bond acceptors (Lipinski definition) is 4. The first-order valence-corrected chi connectivity index (χ1v) is 10.3. The molecule has 3 rings (SSSR count). The number of amides is 3. The van der Waals surface area contributed by atoms with Crippen molar-refractivity contribution in [3.8, 4) is 6.07 Å². The zero-order valence-electron chi connectivity index (χ0n) is 17.7. The number of rotatable bonds is 7. The van der Waals surface area contributed by atoms with Crippen LogP contribution in [0.2, 0.25) is 0 Å². The highest BCUT2D eigenvalue weighted by atomic mass is 16.2. The molecular weight excluding hydrogens is 404 g/mol. The van der Waals surface area contributed by atoms with E-state index < -0.39 is 11.8 Å². The molecule has 7 heteroatoms. The quantitative estimate of drug-likeness (QED) is 0.501. The Hall–Kier alpha value is -4.18. The predicted molar refractivity (Wildman–Crippen MR) is 121 cm³/mol. The van der Waals surface area contributed by atoms with Gasteiger partial charge in [0, 0.05) is 12.0 Å². The fourth-order valence-electron chi connectivity index (χ4n) is 3.51. The molecule has 0 bridgehead atoms. The number of fused-ring (bicyclic) bond motifs is 1. The van der Waals surface area contributed by atoms with Crippen LogP contribution in [0.4, 0.5) is 0 Å². The fourth-order valence-corrected chi connectivity index (χ4v) is 3.51. The van der Waals surface area contributed by atoms with Crippen molar-refractivity contribution in [2.24, 2.45) is 0 Å². The SMILES string of the molecule is CC(NC(=O)c1ccccc1CCC(=O)NNC(=O)CC#N)c1cccc2ccccc12. The van der Waals surface area contributed by atoms with Crippen LogP contribution in [0.15, 0.2) is 66.7 Å². The third kappa shape index (κ3) is 5.70. The highest BCUT2D eigenvalue weighted by Crippen LogP contribution is 2.24. The van der Waals surface area contributed by atoms with Gasteiger partial charge in [0.15, 0.2) is 0 Å². The molecule has 0 aliphatic carbocycles. The lowest BCUT2D eigenvalue weighted by atomic mass is 9.98. The van der Waals surface area contributed by atoms with E-state index in [0.29, 0.717) is 12.0 Å². The third-order valence-electron chi connectivity index (χ3n) is 5.10. The van der Waals surface area contributed by atoms with E-state index in [2.05, 4.69) is 16.2 Å². The number of nitrogens with one attached hydrogen (secondary N) is 3. The summed E-state index contributed by atoms with van der Waals surface area (Å²) in [7, 11) is 0. The van der Waals surface area contributed by atoms with Gasteiger partial charge in [0.05, 0.1) is 12.1 Å². The summed E-state index contributed by atoms with van der Waals surface area (Å²) in [6.07, 6.45) is 0.0698. The summed E-state index contributed by atoms with van der Waals surface area (Å²) in [5.41, 5.74) is 6.70. The van der Waals surface area contributed by atoms with Crippen LogP contribution in [0.5, 0.6) is 0 Å². The van der Waals surface area contributed by atoms with Crippen molar-refractivity contribution in [2.75, 3.05) is 0 Å². The molecule has 0 aromatic heterocycles. The minimum Gasteiger partial charge on any atom is -0.345 e. The van der Waals surface area contributed by atoms with Gasteiger partial charge in [0.1, 0.15) is 6.42 Å². The minimum absolute atomic E-state index is 0.0794. The fraction of sp³-hybridized carbons (Fsp3) is 0.200. The van der Waals surface area contributed by atoms with E-state index in [1.165, 1.54) is 0 Å². The standard InChI is InChI=1S/C25H24N4O3/c1-17(20-12-6-9-18-7-2-4-10-21(18)20)27-25(32)22-11-5-3-8-19(22)13-14-23(30)28-29-24(31)15-16-26/h2-12,17H,13-15H2,1H3,(H,27,32)(H,28,30)(H,29,31). The summed E-state index contributed by atoms with van der Waals surface area (Å²) < 4.78 is 0. The summed E-state index contributed by atoms with van der Waals surface area (Å²) in [5.74, 6) is -1.21. The molecule has 7 nitrogen and oxygen atoms in total. The van der Waals surface area contributed by atoms with Crippen LogP contribution in [0.25, 0.3) is 10.8 Å². The van der Waals surface area contributed by atoms with Gasteiger partial charge in [-0.25, -0.2) is 0 Å². The van der Waals surface area contributed by atoms with Crippen molar-refractivity contribution in [3.63, 3.8) is 0 Å². The molecule has 32 heavy (non-hydrogen) atoms. The number of benzene rings is 3. The van der Waals surface area contributed by atoms with Crippen LogP contribution in [0, 0.1) is 11.3 Å². The molecule has 0 aliphatic heterocycles. The molecule has 0 heterocycles. The molecule has 0 spiro atoms. The number of carbonyl (C=O) groups excluding carboxylic acids is 3. The molecule has 3 N–H and O–H groups in total. The maximum absolute atomic E-state index is 13.0. The zero-order chi connectivity index (χ0) is 22.9. The predicted octanol–water partition coefficient (Wildman–Crippen LogP) is 3.32. The number of aryl methyl sites for hydroxylation is 1. The first kappa shape index (κ1) is 22.5. The van der Waals surface area contributed by atoms with E-state index in [9.17, 15) is 14.4 Å². The summed E-state index contributed by atoms with van der Waals surface area (Å²) in [4.78, 5) is 36.3. The second-order valence-corrected chi connectivity index (χ2v) is 7.35. The monoisotopic (exact) mass is 428 g/mol. The molecule has 0 aliphatic rings. The second-order valence-electron chi connectivity index (χ2n) is 7.35. The van der Waals surface area contributed by atoms with E-state index in [1.54, 1.807) is 24.3 Å². The van der Waals surface area contributed by atoms with E-state index in [1.807, 2.05) is 55.5 Å². The molecule has 3 aromatic carbocycles. The average Bonchev–Trinajstić information content (AvgIpc) is 2.81. The van der Waals surface area contributed by atoms with Crippen LogP contribution >= 0.6 is 0 Å². The van der Waals surface area contributed by atoms with Gasteiger partial charge in [-0.3, -0.25) is 25.2 Å². The topological polar surface area (TPSA) is 111 Å². The van der Waals surface area contributed by atoms with Crippen molar-refractivity contribution in [1.82, 2.24) is 16.2 Å². The van der Waals surface area contributed by atoms with Gasteiger partial charge >= 0.3 is 0 Å². The molecule has 0 saturated heterocycles. The Bertz CT molecular complexity index is 1180. The summed E-state index contributed by atoms with van der Waals surface area (Å²) in [6, 6.07) is 22.7. The number of carbonyl (C=O) groups is 3. The molecule has 0 saturated carbocycles. The number of nitrogens with zero attached hydrogens (tertiary/aromatic N) is 1. The minimum atomic E-state index is -0.581. The third-order valence-corrected chi connectivity index (χ3v) is 5.10. The second kappa shape index (κ2) is 10.7. The zero-order valence-corrected chi connectivity index (χ0v) is 17.7. The molecule has 3 aromatic rings. The van der Waals surface area contributed by atoms with Gasteiger partial charge in [-0.15, -0.1) is 0 Å². The number of hydrazine groups is 1. The van der Waals surface area contributed by atoms with Crippen molar-refractivity contribution in [1.29, 1.82) is 5.26 Å². The van der Waals surface area contributed by atoms with E-state index >= 15 is 0 Å². The lowest BCUT2D eigenvalue weighted by Gasteiger charge is -2.18. The van der Waals surface area contributed by atoms with Crippen LogP contribution in [0.1, 0.15) is 47.3 Å². The highest BCUT2D eigenvalue weighted by molar-refractivity contribution is 5.96. The summed E-state index contributed by atoms with van der Waals surface area (Å²) in [5, 5.41) is 13.7. The lowest BCUT2D eigenvalue weighted by molar-refractivity contribution is -0.128. The molecule has 1 unspecified atom stereocenters. The van der Waals surface area contributed by atoms with E-state index in [0.717, 1.165) is 21.9 Å². The lowest BCUT2D eigenvalue weighted by Crippen LogP contribution is -2.41. The largest absolute Gasteiger partial charge is 0.345 e. The first-order valence-electron chi connectivity index (χ1n) is 10.3. The van der Waals surface area contributed by atoms with Crippen molar-refractivity contribution < 1.29 is 14.4 Å². The smallest absolute Gasteiger partial charge is 0.252 e. The molecule has 0 radical (unpaired) electrons. The first-order chi connectivity index (χ1) is 15.5. The number of hydrogen-bond donors (Lipinski definition) is 3. The van der Waals surface area contributed by atoms with Crippen molar-refractivity contribution >= 4 is 28.5 Å². The van der Waals surface area contributed by atoms with Gasteiger partial charge in [-0.1, -0.05) is 60.7 Å². The Kier molecular flexibility index (Phi) is 7.55. The van der Waals surface area contributed by atoms with Gasteiger partial charge in [0.2, 0.25) is 5.91 Å². The summed E-state index contributed by atoms with van der Waals surface area (Å²) >= 11 is 0. The number of nitriles is 1. The average molecular weight is 428 g/mol. The van der Waals surface area contributed by atoms with E-state index in [4.69, 9.17) is 5.26 Å². The van der Waals surface area contributed by atoms with Crippen LogP contribution in [-0.2, 0) is 16.0 Å². The molecular formula is C25H24N4O3. The molecule has 162 valence electrons. The van der Waals surface area contributed by atoms with Crippen LogP contribution < -0.4 is 16.2 Å². The maximum atomic E-state index is 13.0. The maximum Gasteiger partial charge on any atom is 0.252 e. The Morgan fingerprint density at radius 2 is 1.59 bits per heavy atom.